The van der Waals surface area contributed by atoms with Crippen LogP contribution in [0.1, 0.15) is 22.7 Å². The Kier molecular flexibility index (Phi) is 5.74. The molecule has 0 spiro atoms. The minimum atomic E-state index is -0.921. The minimum Gasteiger partial charge on any atom is -0.507 e. The van der Waals surface area contributed by atoms with Gasteiger partial charge in [0.1, 0.15) is 23.3 Å². The number of thiazole rings is 1. The third-order valence-corrected chi connectivity index (χ3v) is 7.00. The van der Waals surface area contributed by atoms with Gasteiger partial charge in [0.2, 0.25) is 0 Å². The van der Waals surface area contributed by atoms with Crippen LogP contribution in [-0.4, -0.2) is 36.0 Å². The number of Topliss-reactive ketones (excluding diaryl/α,β-unsaturated/α-hetero) is 1. The van der Waals surface area contributed by atoms with Crippen molar-refractivity contribution in [1.29, 1.82) is 0 Å². The summed E-state index contributed by atoms with van der Waals surface area (Å²) in [6.07, 6.45) is 0. The smallest absolute Gasteiger partial charge is 0.301 e. The van der Waals surface area contributed by atoms with Gasteiger partial charge in [-0.15, -0.1) is 0 Å². The molecule has 1 unspecified atom stereocenters. The van der Waals surface area contributed by atoms with Crippen LogP contribution in [-0.2, 0) is 9.59 Å². The average Bonchev–Trinajstić information content (AvgIpc) is 3.41. The molecule has 0 saturated carbocycles. The molecule has 0 bridgehead atoms. The molecule has 7 nitrogen and oxygen atoms in total. The fraction of sp³-hybridized carbons (Fsp3) is 0.148. The number of carbonyl (C=O) groups is 2. The zero-order chi connectivity index (χ0) is 24.7. The molecule has 35 heavy (non-hydrogen) atoms. The van der Waals surface area contributed by atoms with Gasteiger partial charge in [-0.2, -0.15) is 0 Å². The number of para-hydroxylation sites is 1. The largest absolute Gasteiger partial charge is 0.507 e. The van der Waals surface area contributed by atoms with E-state index >= 15 is 0 Å². The third-order valence-electron chi connectivity index (χ3n) is 5.98. The van der Waals surface area contributed by atoms with E-state index in [1.54, 1.807) is 55.6 Å². The second-order valence-corrected chi connectivity index (χ2v) is 9.12. The van der Waals surface area contributed by atoms with Crippen LogP contribution in [0.5, 0.6) is 11.5 Å². The summed E-state index contributed by atoms with van der Waals surface area (Å²) in [7, 11) is 3.07. The first-order chi connectivity index (χ1) is 16.9. The molecule has 176 valence electrons. The predicted molar refractivity (Wildman–Crippen MR) is 135 cm³/mol. The maximum absolute atomic E-state index is 13.4. The number of carbonyl (C=O) groups excluding carboxylic acids is 2. The first kappa shape index (κ1) is 22.6. The van der Waals surface area contributed by atoms with Gasteiger partial charge in [-0.25, -0.2) is 4.98 Å². The Bertz CT molecular complexity index is 1490. The quantitative estimate of drug-likeness (QED) is 0.236. The van der Waals surface area contributed by atoms with E-state index < -0.39 is 17.7 Å². The number of aromatic nitrogens is 1. The van der Waals surface area contributed by atoms with Gasteiger partial charge in [0.25, 0.3) is 5.78 Å². The number of methoxy groups -OCH3 is 2. The molecule has 1 N–H and O–H groups in total. The molecule has 1 amide bonds. The lowest BCUT2D eigenvalue weighted by atomic mass is 9.94. The Morgan fingerprint density at radius 1 is 1.00 bits per heavy atom. The summed E-state index contributed by atoms with van der Waals surface area (Å²) < 4.78 is 11.7. The molecule has 2 heterocycles. The van der Waals surface area contributed by atoms with Crippen LogP contribution in [0.3, 0.4) is 0 Å². The summed E-state index contributed by atoms with van der Waals surface area (Å²) in [4.78, 5) is 32.8. The number of hydrogen-bond acceptors (Lipinski definition) is 7. The van der Waals surface area contributed by atoms with Crippen LogP contribution < -0.4 is 14.4 Å². The second kappa shape index (κ2) is 8.88. The molecule has 5 rings (SSSR count). The number of rotatable bonds is 5. The van der Waals surface area contributed by atoms with Crippen molar-refractivity contribution in [2.75, 3.05) is 19.1 Å². The van der Waals surface area contributed by atoms with E-state index in [0.29, 0.717) is 27.8 Å². The van der Waals surface area contributed by atoms with E-state index in [9.17, 15) is 14.7 Å². The number of benzene rings is 3. The van der Waals surface area contributed by atoms with E-state index in [0.717, 1.165) is 15.8 Å². The number of nitrogens with zero attached hydrogens (tertiary/aromatic N) is 2. The van der Waals surface area contributed by atoms with E-state index in [1.165, 1.54) is 23.3 Å². The van der Waals surface area contributed by atoms with Crippen LogP contribution in [0, 0.1) is 6.92 Å². The monoisotopic (exact) mass is 486 g/mol. The Morgan fingerprint density at radius 2 is 1.74 bits per heavy atom. The summed E-state index contributed by atoms with van der Waals surface area (Å²) in [5.41, 5.74) is 2.73. The van der Waals surface area contributed by atoms with Gasteiger partial charge in [-0.3, -0.25) is 14.5 Å². The van der Waals surface area contributed by atoms with Crippen LogP contribution in [0.25, 0.3) is 16.0 Å². The van der Waals surface area contributed by atoms with Gasteiger partial charge in [0.05, 0.1) is 30.0 Å². The maximum atomic E-state index is 13.4. The number of aliphatic hydroxyl groups is 1. The number of amides is 1. The van der Waals surface area contributed by atoms with Gasteiger partial charge < -0.3 is 14.6 Å². The normalized spacial score (nSPS) is 17.2. The van der Waals surface area contributed by atoms with Crippen LogP contribution in [0.4, 0.5) is 5.13 Å². The van der Waals surface area contributed by atoms with Crippen molar-refractivity contribution in [3.8, 4) is 11.5 Å². The number of anilines is 1. The first-order valence-electron chi connectivity index (χ1n) is 10.9. The minimum absolute atomic E-state index is 0.0277. The van der Waals surface area contributed by atoms with E-state index in [-0.39, 0.29) is 11.3 Å². The highest BCUT2D eigenvalue weighted by molar-refractivity contribution is 7.22. The average molecular weight is 487 g/mol. The van der Waals surface area contributed by atoms with E-state index in [2.05, 4.69) is 4.98 Å². The summed E-state index contributed by atoms with van der Waals surface area (Å²) in [5, 5.41) is 11.7. The van der Waals surface area contributed by atoms with Gasteiger partial charge in [0, 0.05) is 11.1 Å². The molecule has 4 aromatic rings. The van der Waals surface area contributed by atoms with Crippen LogP contribution in [0.15, 0.2) is 72.3 Å². The van der Waals surface area contributed by atoms with Crippen molar-refractivity contribution in [2.24, 2.45) is 0 Å². The Hall–Kier alpha value is -4.17. The number of ether oxygens (including phenoxy) is 2. The number of hydrogen-bond donors (Lipinski definition) is 1. The lowest BCUT2D eigenvalue weighted by Crippen LogP contribution is -2.29. The van der Waals surface area contributed by atoms with Crippen LogP contribution >= 0.6 is 11.3 Å². The highest BCUT2D eigenvalue weighted by Gasteiger charge is 2.49. The number of aliphatic hydroxyl groups excluding tert-OH is 1. The fourth-order valence-electron chi connectivity index (χ4n) is 4.24. The van der Waals surface area contributed by atoms with Crippen molar-refractivity contribution in [1.82, 2.24) is 4.98 Å². The molecule has 1 fully saturated rings. The lowest BCUT2D eigenvalue weighted by molar-refractivity contribution is -0.132. The van der Waals surface area contributed by atoms with Gasteiger partial charge >= 0.3 is 5.91 Å². The predicted octanol–water partition coefficient (Wildman–Crippen LogP) is 5.25. The maximum Gasteiger partial charge on any atom is 0.301 e. The number of fused-ring (bicyclic) bond motifs is 1. The second-order valence-electron chi connectivity index (χ2n) is 8.11. The highest BCUT2D eigenvalue weighted by atomic mass is 32.1. The zero-order valence-electron chi connectivity index (χ0n) is 19.3. The molecular weight excluding hydrogens is 464 g/mol. The molecule has 1 aromatic heterocycles. The van der Waals surface area contributed by atoms with Crippen molar-refractivity contribution in [2.45, 2.75) is 13.0 Å². The van der Waals surface area contributed by atoms with Crippen molar-refractivity contribution >= 4 is 44.1 Å². The number of aryl methyl sites for hydroxylation is 1. The van der Waals surface area contributed by atoms with Gasteiger partial charge in [-0.05, 0) is 55.0 Å². The fourth-order valence-corrected chi connectivity index (χ4v) is 5.33. The highest BCUT2D eigenvalue weighted by Crippen LogP contribution is 2.46. The Balaban J connectivity index is 1.74. The molecule has 1 atom stereocenters. The van der Waals surface area contributed by atoms with E-state index in [4.69, 9.17) is 9.47 Å². The molecule has 3 aromatic carbocycles. The standard InChI is InChI=1S/C27H22N2O5S/c1-15-8-13-19-21(14-15)35-27(28-19)29-23(18-6-4-5-7-20(18)34-3)22(25(31)26(29)32)24(30)16-9-11-17(33-2)12-10-16/h4-14,23,30H,1-3H3/b24-22+. The molecule has 0 aliphatic carbocycles. The SMILES string of the molecule is COc1ccc(/C(O)=C2\C(=O)C(=O)N(c3nc4ccc(C)cc4s3)C2c2ccccc2OC)cc1. The molecular formula is C27H22N2O5S. The molecule has 1 aliphatic heterocycles. The van der Waals surface area contributed by atoms with Gasteiger partial charge in [-0.1, -0.05) is 35.6 Å². The van der Waals surface area contributed by atoms with Crippen molar-refractivity contribution < 1.29 is 24.2 Å². The summed E-state index contributed by atoms with van der Waals surface area (Å²) >= 11 is 1.32. The Morgan fingerprint density at radius 3 is 2.46 bits per heavy atom. The molecule has 8 heteroatoms. The number of ketones is 1. The van der Waals surface area contributed by atoms with Crippen LogP contribution in [0.2, 0.25) is 0 Å². The lowest BCUT2D eigenvalue weighted by Gasteiger charge is -2.24. The Labute approximate surface area is 205 Å². The molecule has 1 aliphatic rings. The summed E-state index contributed by atoms with van der Waals surface area (Å²) in [6, 6.07) is 18.7. The molecule has 1 saturated heterocycles. The summed E-state index contributed by atoms with van der Waals surface area (Å²) in [5.74, 6) is -0.729. The molecule has 0 radical (unpaired) electrons. The third kappa shape index (κ3) is 3.81. The van der Waals surface area contributed by atoms with E-state index in [1.807, 2.05) is 25.1 Å². The van der Waals surface area contributed by atoms with Gasteiger partial charge in [0.15, 0.2) is 5.13 Å². The first-order valence-corrected chi connectivity index (χ1v) is 11.7. The summed E-state index contributed by atoms with van der Waals surface area (Å²) in [6.45, 7) is 1.98. The topological polar surface area (TPSA) is 89.0 Å². The van der Waals surface area contributed by atoms with Crippen molar-refractivity contribution in [3.05, 3.63) is 89.0 Å². The zero-order valence-corrected chi connectivity index (χ0v) is 20.1. The van der Waals surface area contributed by atoms with Crippen molar-refractivity contribution in [3.63, 3.8) is 0 Å².